The molecule has 0 aliphatic carbocycles. The SMILES string of the molecule is CCc1ccc(S(=O)(=O)Nc2cccc(Cn3cc(Cl)cn3)c2)cc1. The van der Waals surface area contributed by atoms with Gasteiger partial charge in [-0.1, -0.05) is 42.8 Å². The van der Waals surface area contributed by atoms with Gasteiger partial charge in [0.1, 0.15) is 0 Å². The van der Waals surface area contributed by atoms with E-state index in [0.717, 1.165) is 17.5 Å². The van der Waals surface area contributed by atoms with Gasteiger partial charge in [0.05, 0.1) is 22.7 Å². The highest BCUT2D eigenvalue weighted by Crippen LogP contribution is 2.19. The van der Waals surface area contributed by atoms with E-state index in [1.807, 2.05) is 25.1 Å². The van der Waals surface area contributed by atoms with Gasteiger partial charge in [0.2, 0.25) is 0 Å². The summed E-state index contributed by atoms with van der Waals surface area (Å²) in [4.78, 5) is 0.244. The molecule has 2 aromatic carbocycles. The summed E-state index contributed by atoms with van der Waals surface area (Å²) in [7, 11) is -3.62. The maximum atomic E-state index is 12.5. The molecule has 0 spiro atoms. The highest BCUT2D eigenvalue weighted by Gasteiger charge is 2.14. The number of nitrogens with one attached hydrogen (secondary N) is 1. The van der Waals surface area contributed by atoms with Crippen molar-refractivity contribution in [3.05, 3.63) is 77.1 Å². The molecule has 0 unspecified atom stereocenters. The highest BCUT2D eigenvalue weighted by molar-refractivity contribution is 7.92. The van der Waals surface area contributed by atoms with Crippen LogP contribution in [-0.2, 0) is 23.0 Å². The molecule has 0 aliphatic heterocycles. The van der Waals surface area contributed by atoms with Gasteiger partial charge in [-0.3, -0.25) is 9.40 Å². The van der Waals surface area contributed by atoms with Crippen LogP contribution in [-0.4, -0.2) is 18.2 Å². The van der Waals surface area contributed by atoms with Gasteiger partial charge in [-0.25, -0.2) is 8.42 Å². The zero-order valence-corrected chi connectivity index (χ0v) is 15.3. The van der Waals surface area contributed by atoms with Gasteiger partial charge in [0.15, 0.2) is 0 Å². The lowest BCUT2D eigenvalue weighted by Crippen LogP contribution is -2.13. The second kappa shape index (κ2) is 7.29. The fourth-order valence-electron chi connectivity index (χ4n) is 2.46. The number of aryl methyl sites for hydroxylation is 1. The van der Waals surface area contributed by atoms with E-state index in [-0.39, 0.29) is 4.90 Å². The summed E-state index contributed by atoms with van der Waals surface area (Å²) < 4.78 is 29.4. The Kier molecular flexibility index (Phi) is 5.11. The molecule has 3 aromatic rings. The molecular formula is C18H18ClN3O2S. The Hall–Kier alpha value is -2.31. The first-order chi connectivity index (χ1) is 12.0. The van der Waals surface area contributed by atoms with Crippen LogP contribution >= 0.6 is 11.6 Å². The van der Waals surface area contributed by atoms with E-state index in [4.69, 9.17) is 11.6 Å². The van der Waals surface area contributed by atoms with Crippen molar-refractivity contribution in [2.24, 2.45) is 0 Å². The summed E-state index contributed by atoms with van der Waals surface area (Å²) in [6.07, 6.45) is 4.15. The Morgan fingerprint density at radius 2 is 1.88 bits per heavy atom. The number of halogens is 1. The molecule has 0 saturated carbocycles. The van der Waals surface area contributed by atoms with Crippen molar-refractivity contribution in [2.75, 3.05) is 4.72 Å². The standard InChI is InChI=1S/C18H18ClN3O2S/c1-2-14-6-8-18(9-7-14)25(23,24)21-17-5-3-4-15(10-17)12-22-13-16(19)11-20-22/h3-11,13,21H,2,12H2,1H3. The van der Waals surface area contributed by atoms with Crippen LogP contribution in [0.3, 0.4) is 0 Å². The average molecular weight is 376 g/mol. The maximum Gasteiger partial charge on any atom is 0.261 e. The summed E-state index contributed by atoms with van der Waals surface area (Å²) in [6.45, 7) is 2.54. The van der Waals surface area contributed by atoms with Gasteiger partial charge in [-0.2, -0.15) is 5.10 Å². The molecule has 0 bridgehead atoms. The van der Waals surface area contributed by atoms with Crippen molar-refractivity contribution in [3.63, 3.8) is 0 Å². The molecule has 0 radical (unpaired) electrons. The van der Waals surface area contributed by atoms with Crippen LogP contribution in [0.15, 0.2) is 65.8 Å². The Morgan fingerprint density at radius 3 is 2.52 bits per heavy atom. The molecule has 25 heavy (non-hydrogen) atoms. The normalized spacial score (nSPS) is 11.4. The highest BCUT2D eigenvalue weighted by atomic mass is 35.5. The van der Waals surface area contributed by atoms with Crippen LogP contribution in [0.4, 0.5) is 5.69 Å². The number of nitrogens with zero attached hydrogens (tertiary/aromatic N) is 2. The fourth-order valence-corrected chi connectivity index (χ4v) is 3.67. The van der Waals surface area contributed by atoms with Crippen molar-refractivity contribution >= 4 is 27.3 Å². The molecule has 1 N–H and O–H groups in total. The molecule has 0 amide bonds. The number of anilines is 1. The minimum atomic E-state index is -3.62. The van der Waals surface area contributed by atoms with Gasteiger partial charge >= 0.3 is 0 Å². The zero-order valence-electron chi connectivity index (χ0n) is 13.7. The lowest BCUT2D eigenvalue weighted by molar-refractivity contribution is 0.601. The van der Waals surface area contributed by atoms with Crippen molar-refractivity contribution < 1.29 is 8.42 Å². The Bertz CT molecular complexity index is 966. The van der Waals surface area contributed by atoms with Gasteiger partial charge in [0, 0.05) is 11.9 Å². The van der Waals surface area contributed by atoms with E-state index in [0.29, 0.717) is 17.3 Å². The maximum absolute atomic E-state index is 12.5. The fraction of sp³-hybridized carbons (Fsp3) is 0.167. The number of aromatic nitrogens is 2. The number of hydrogen-bond acceptors (Lipinski definition) is 3. The smallest absolute Gasteiger partial charge is 0.261 e. The van der Waals surface area contributed by atoms with E-state index in [2.05, 4.69) is 9.82 Å². The number of benzene rings is 2. The minimum absolute atomic E-state index is 0.244. The van der Waals surface area contributed by atoms with Crippen LogP contribution in [0, 0.1) is 0 Å². The minimum Gasteiger partial charge on any atom is -0.280 e. The molecule has 0 fully saturated rings. The molecule has 5 nitrogen and oxygen atoms in total. The Labute approximate surface area is 152 Å². The molecule has 130 valence electrons. The first-order valence-corrected chi connectivity index (χ1v) is 9.71. The monoisotopic (exact) mass is 375 g/mol. The Morgan fingerprint density at radius 1 is 1.12 bits per heavy atom. The zero-order chi connectivity index (χ0) is 17.9. The lowest BCUT2D eigenvalue weighted by Gasteiger charge is -2.10. The van der Waals surface area contributed by atoms with Crippen molar-refractivity contribution in [1.29, 1.82) is 0 Å². The average Bonchev–Trinajstić information content (AvgIpc) is 2.99. The predicted octanol–water partition coefficient (Wildman–Crippen LogP) is 3.95. The second-order valence-corrected chi connectivity index (χ2v) is 7.78. The van der Waals surface area contributed by atoms with Gasteiger partial charge in [-0.05, 0) is 41.8 Å². The quantitative estimate of drug-likeness (QED) is 0.709. The van der Waals surface area contributed by atoms with Crippen molar-refractivity contribution in [1.82, 2.24) is 9.78 Å². The second-order valence-electron chi connectivity index (χ2n) is 5.66. The van der Waals surface area contributed by atoms with Gasteiger partial charge < -0.3 is 0 Å². The van der Waals surface area contributed by atoms with Crippen molar-refractivity contribution in [3.8, 4) is 0 Å². The predicted molar refractivity (Wildman–Crippen MR) is 99.4 cm³/mol. The van der Waals surface area contributed by atoms with Crippen LogP contribution in [0.25, 0.3) is 0 Å². The largest absolute Gasteiger partial charge is 0.280 e. The molecule has 3 rings (SSSR count). The Balaban J connectivity index is 1.78. The van der Waals surface area contributed by atoms with Crippen LogP contribution in [0.1, 0.15) is 18.1 Å². The molecular weight excluding hydrogens is 358 g/mol. The summed E-state index contributed by atoms with van der Waals surface area (Å²) in [5.74, 6) is 0. The van der Waals surface area contributed by atoms with Crippen molar-refractivity contribution in [2.45, 2.75) is 24.8 Å². The third-order valence-corrected chi connectivity index (χ3v) is 5.36. The van der Waals surface area contributed by atoms with E-state index < -0.39 is 10.0 Å². The van der Waals surface area contributed by atoms with E-state index in [1.165, 1.54) is 0 Å². The topological polar surface area (TPSA) is 64.0 Å². The molecule has 0 atom stereocenters. The number of sulfonamides is 1. The van der Waals surface area contributed by atoms with E-state index >= 15 is 0 Å². The number of rotatable bonds is 6. The van der Waals surface area contributed by atoms with Crippen LogP contribution < -0.4 is 4.72 Å². The lowest BCUT2D eigenvalue weighted by atomic mass is 10.2. The molecule has 1 heterocycles. The summed E-state index contributed by atoms with van der Waals surface area (Å²) in [5, 5.41) is 4.69. The molecule has 0 saturated heterocycles. The van der Waals surface area contributed by atoms with Crippen LogP contribution in [0.5, 0.6) is 0 Å². The molecule has 7 heteroatoms. The van der Waals surface area contributed by atoms with Gasteiger partial charge in [0.25, 0.3) is 10.0 Å². The van der Waals surface area contributed by atoms with Crippen LogP contribution in [0.2, 0.25) is 5.02 Å². The molecule has 0 aliphatic rings. The summed E-state index contributed by atoms with van der Waals surface area (Å²) in [5.41, 5.74) is 2.52. The first kappa shape index (κ1) is 17.5. The molecule has 1 aromatic heterocycles. The summed E-state index contributed by atoms with van der Waals surface area (Å²) >= 11 is 5.86. The van der Waals surface area contributed by atoms with Gasteiger partial charge in [-0.15, -0.1) is 0 Å². The van der Waals surface area contributed by atoms with E-state index in [9.17, 15) is 8.42 Å². The van der Waals surface area contributed by atoms with E-state index in [1.54, 1.807) is 47.4 Å². The third kappa shape index (κ3) is 4.41. The number of hydrogen-bond donors (Lipinski definition) is 1. The first-order valence-electron chi connectivity index (χ1n) is 7.85. The summed E-state index contributed by atoms with van der Waals surface area (Å²) in [6, 6.07) is 14.1. The third-order valence-electron chi connectivity index (χ3n) is 3.77.